The van der Waals surface area contributed by atoms with Crippen LogP contribution in [0.2, 0.25) is 13.1 Å². The van der Waals surface area contributed by atoms with Gasteiger partial charge in [-0.15, -0.1) is 11.3 Å². The first kappa shape index (κ1) is 35.3. The summed E-state index contributed by atoms with van der Waals surface area (Å²) in [6.45, 7) is 5.19. The lowest BCUT2D eigenvalue weighted by Crippen LogP contribution is -2.56. The third kappa shape index (κ3) is 4.54. The number of hydrogen-bond donors (Lipinski definition) is 0. The minimum absolute atomic E-state index is 0.0727. The zero-order chi connectivity index (χ0) is 41.3. The van der Waals surface area contributed by atoms with Gasteiger partial charge < -0.3 is 4.42 Å². The molecule has 4 fully saturated rings. The van der Waals surface area contributed by atoms with Gasteiger partial charge in [-0.05, 0) is 141 Å². The number of furan rings is 1. The van der Waals surface area contributed by atoms with E-state index in [2.05, 4.69) is 140 Å². The minimum Gasteiger partial charge on any atom is -0.452 e. The second kappa shape index (κ2) is 12.3. The Kier molecular flexibility index (Phi) is 6.90. The van der Waals surface area contributed by atoms with E-state index in [1.54, 1.807) is 21.5 Å². The molecule has 16 rings (SSSR count). The van der Waals surface area contributed by atoms with E-state index in [0.717, 1.165) is 50.7 Å². The molecule has 3 aromatic heterocycles. The first-order valence-electron chi connectivity index (χ1n) is 23.1. The zero-order valence-corrected chi connectivity index (χ0v) is 37.2. The summed E-state index contributed by atoms with van der Waals surface area (Å²) in [5.41, 5.74) is 17.3. The summed E-state index contributed by atoms with van der Waals surface area (Å²) in [6.07, 6.45) is 6.97. The first-order chi connectivity index (χ1) is 30.9. The van der Waals surface area contributed by atoms with Crippen LogP contribution < -0.4 is 10.4 Å². The number of hydrogen-bond acceptors (Lipinski definition) is 4. The molecule has 6 aliphatic rings. The van der Waals surface area contributed by atoms with Gasteiger partial charge in [-0.3, -0.25) is 0 Å². The maximum atomic E-state index is 6.72. The highest BCUT2D eigenvalue weighted by Crippen LogP contribution is 2.70. The van der Waals surface area contributed by atoms with Crippen molar-refractivity contribution >= 4 is 72.0 Å². The fraction of sp³-hybridized carbons (Fsp3) is 0.207. The average molecular weight is 845 g/mol. The molecule has 0 unspecified atom stereocenters. The molecule has 0 N–H and O–H groups in total. The molecule has 0 amide bonds. The van der Waals surface area contributed by atoms with Crippen molar-refractivity contribution in [2.45, 2.75) is 50.6 Å². The fourth-order valence-corrected chi connectivity index (χ4v) is 18.6. The van der Waals surface area contributed by atoms with Crippen LogP contribution in [-0.2, 0) is 5.41 Å². The SMILES string of the molecule is C[Si]1(C)c2ccccc2-c2cc3c(cc21)C1(c2cc(-c4ccc(-c5nc(-c6ccccc6)nc6c5oc5ccccc56)c5c4sc4ccccc45)ccc2-3)C2CC3CC(C2)CC1C3. The summed E-state index contributed by atoms with van der Waals surface area (Å²) < 4.78 is 9.30. The number of para-hydroxylation sites is 1. The van der Waals surface area contributed by atoms with Crippen LogP contribution in [-0.4, -0.2) is 18.0 Å². The predicted molar refractivity (Wildman–Crippen MR) is 264 cm³/mol. The van der Waals surface area contributed by atoms with Gasteiger partial charge >= 0.3 is 0 Å². The minimum atomic E-state index is -1.86. The fourth-order valence-electron chi connectivity index (χ4n) is 14.3. The molecule has 0 atom stereocenters. The maximum absolute atomic E-state index is 6.72. The first-order valence-corrected chi connectivity index (χ1v) is 26.9. The Hall–Kier alpha value is -6.14. The predicted octanol–water partition coefficient (Wildman–Crippen LogP) is 14.3. The van der Waals surface area contributed by atoms with Crippen molar-refractivity contribution in [2.75, 3.05) is 0 Å². The van der Waals surface area contributed by atoms with Gasteiger partial charge in [-0.2, -0.15) is 0 Å². The molecule has 1 aliphatic heterocycles. The second-order valence-corrected chi connectivity index (χ2v) is 25.4. The van der Waals surface area contributed by atoms with Gasteiger partial charge in [-0.1, -0.05) is 128 Å². The Morgan fingerprint density at radius 2 is 1.25 bits per heavy atom. The largest absolute Gasteiger partial charge is 0.452 e. The number of thiophene rings is 1. The molecule has 0 radical (unpaired) electrons. The molecule has 10 aromatic rings. The van der Waals surface area contributed by atoms with E-state index < -0.39 is 8.07 Å². The molecular formula is C58H44N2OSSi. The molecule has 302 valence electrons. The molecule has 5 aliphatic carbocycles. The molecule has 3 nitrogen and oxygen atoms in total. The van der Waals surface area contributed by atoms with E-state index in [0.29, 0.717) is 17.7 Å². The van der Waals surface area contributed by atoms with Gasteiger partial charge in [0, 0.05) is 42.1 Å². The number of benzene rings is 7. The summed E-state index contributed by atoms with van der Waals surface area (Å²) in [7, 11) is -1.86. The summed E-state index contributed by atoms with van der Waals surface area (Å²) in [5, 5.41) is 6.77. The average Bonchev–Trinajstić information content (AvgIpc) is 4.03. The number of nitrogens with zero attached hydrogens (tertiary/aromatic N) is 2. The number of rotatable bonds is 3. The van der Waals surface area contributed by atoms with Gasteiger partial charge in [0.15, 0.2) is 11.4 Å². The number of aromatic nitrogens is 2. The Bertz CT molecular complexity index is 3610. The second-order valence-electron chi connectivity index (χ2n) is 20.0. The van der Waals surface area contributed by atoms with Gasteiger partial charge in [0.25, 0.3) is 0 Å². The quantitative estimate of drug-likeness (QED) is 0.166. The Balaban J connectivity index is 0.975. The third-order valence-electron chi connectivity index (χ3n) is 16.7. The van der Waals surface area contributed by atoms with Crippen LogP contribution in [0.25, 0.3) is 98.3 Å². The smallest absolute Gasteiger partial charge is 0.180 e. The lowest BCUT2D eigenvalue weighted by atomic mass is 9.43. The van der Waals surface area contributed by atoms with E-state index >= 15 is 0 Å². The van der Waals surface area contributed by atoms with Crippen LogP contribution in [0.5, 0.6) is 0 Å². The van der Waals surface area contributed by atoms with Crippen molar-refractivity contribution in [3.05, 3.63) is 157 Å². The van der Waals surface area contributed by atoms with E-state index in [9.17, 15) is 0 Å². The lowest BCUT2D eigenvalue weighted by Gasteiger charge is -2.61. The van der Waals surface area contributed by atoms with E-state index in [1.807, 2.05) is 29.5 Å². The van der Waals surface area contributed by atoms with E-state index in [1.165, 1.54) is 85.7 Å². The highest BCUT2D eigenvalue weighted by atomic mass is 32.1. The molecule has 63 heavy (non-hydrogen) atoms. The summed E-state index contributed by atoms with van der Waals surface area (Å²) >= 11 is 1.91. The summed E-state index contributed by atoms with van der Waals surface area (Å²) in [4.78, 5) is 10.6. The van der Waals surface area contributed by atoms with Crippen LogP contribution >= 0.6 is 11.3 Å². The van der Waals surface area contributed by atoms with Crippen molar-refractivity contribution in [1.29, 1.82) is 0 Å². The maximum Gasteiger partial charge on any atom is 0.180 e. The topological polar surface area (TPSA) is 38.9 Å². The molecule has 4 heterocycles. The van der Waals surface area contributed by atoms with Crippen molar-refractivity contribution in [1.82, 2.24) is 9.97 Å². The van der Waals surface area contributed by atoms with Crippen molar-refractivity contribution in [3.63, 3.8) is 0 Å². The number of fused-ring (bicyclic) bond motifs is 12. The van der Waals surface area contributed by atoms with Crippen molar-refractivity contribution < 1.29 is 4.42 Å². The standard InChI is InChI=1S/C58H44N2OSSi/c1-63(2)50-19-11-8-14-40(50)45-30-44-39-21-20-35(29-46(39)58(47(44)31-51(45)63)36-25-32-24-33(27-36)28-37(58)26-32)38-22-23-43(52-42-16-7-10-18-49(42)62-56(38)52)54-55-53(41-15-6-9-17-48(41)61-55)59-57(60-54)34-12-4-3-5-13-34/h3-23,29-33,36-37H,24-28H2,1-2H3. The van der Waals surface area contributed by atoms with Gasteiger partial charge in [0.2, 0.25) is 0 Å². The van der Waals surface area contributed by atoms with Gasteiger partial charge in [0.1, 0.15) is 24.9 Å². The van der Waals surface area contributed by atoms with Crippen LogP contribution in [0.15, 0.2) is 150 Å². The van der Waals surface area contributed by atoms with Crippen LogP contribution in [0, 0.1) is 23.7 Å². The highest BCUT2D eigenvalue weighted by molar-refractivity contribution is 7.26. The molecule has 1 spiro atoms. The van der Waals surface area contributed by atoms with E-state index in [-0.39, 0.29) is 5.41 Å². The molecule has 7 aromatic carbocycles. The van der Waals surface area contributed by atoms with Gasteiger partial charge in [0.05, 0.1) is 0 Å². The molecule has 4 saturated carbocycles. The Morgan fingerprint density at radius 1 is 0.556 bits per heavy atom. The van der Waals surface area contributed by atoms with E-state index in [4.69, 9.17) is 14.4 Å². The van der Waals surface area contributed by atoms with Crippen LogP contribution in [0.1, 0.15) is 43.2 Å². The van der Waals surface area contributed by atoms with Gasteiger partial charge in [-0.25, -0.2) is 9.97 Å². The Labute approximate surface area is 371 Å². The summed E-state index contributed by atoms with van der Waals surface area (Å²) in [6, 6.07) is 54.7. The lowest BCUT2D eigenvalue weighted by molar-refractivity contribution is -0.0399. The normalized spacial score (nSPS) is 23.3. The van der Waals surface area contributed by atoms with Crippen LogP contribution in [0.3, 0.4) is 0 Å². The molecule has 0 saturated heterocycles. The van der Waals surface area contributed by atoms with Crippen molar-refractivity contribution in [3.8, 4) is 56.0 Å². The molecule has 4 bridgehead atoms. The highest BCUT2D eigenvalue weighted by Gasteiger charge is 2.62. The molecule has 5 heteroatoms. The Morgan fingerprint density at radius 3 is 2.10 bits per heavy atom. The zero-order valence-electron chi connectivity index (χ0n) is 35.4. The molecular weight excluding hydrogens is 801 g/mol. The van der Waals surface area contributed by atoms with Crippen molar-refractivity contribution in [2.24, 2.45) is 23.7 Å². The third-order valence-corrected chi connectivity index (χ3v) is 21.4. The van der Waals surface area contributed by atoms with Crippen LogP contribution in [0.4, 0.5) is 0 Å². The summed E-state index contributed by atoms with van der Waals surface area (Å²) in [5.74, 6) is 3.90. The monoisotopic (exact) mass is 844 g/mol.